The van der Waals surface area contributed by atoms with Crippen LogP contribution in [0.15, 0.2) is 30.5 Å². The van der Waals surface area contributed by atoms with E-state index in [1.165, 1.54) is 0 Å². The van der Waals surface area contributed by atoms with Crippen LogP contribution in [0, 0.1) is 0 Å². The van der Waals surface area contributed by atoms with Crippen LogP contribution in [0.25, 0.3) is 10.9 Å². The number of hydrogen-bond donors (Lipinski definition) is 2. The molecule has 17 heavy (non-hydrogen) atoms. The molecule has 90 valence electrons. The highest BCUT2D eigenvalue weighted by molar-refractivity contribution is 5.82. The molecule has 0 radical (unpaired) electrons. The van der Waals surface area contributed by atoms with Gasteiger partial charge in [-0.15, -0.1) is 0 Å². The van der Waals surface area contributed by atoms with Crippen LogP contribution in [0.1, 0.15) is 0 Å². The molecule has 0 spiro atoms. The molecular formula is C12H14N2O3. The molecule has 1 atom stereocenters. The molecule has 0 aliphatic heterocycles. The van der Waals surface area contributed by atoms with E-state index in [4.69, 9.17) is 15.6 Å². The number of rotatable bonds is 4. The topological polar surface area (TPSA) is 77.5 Å². The summed E-state index contributed by atoms with van der Waals surface area (Å²) in [6.45, 7) is 0.255. The molecule has 0 fully saturated rings. The minimum Gasteiger partial charge on any atom is -0.497 e. The Morgan fingerprint density at radius 2 is 2.29 bits per heavy atom. The van der Waals surface area contributed by atoms with E-state index in [-0.39, 0.29) is 6.54 Å². The van der Waals surface area contributed by atoms with E-state index in [1.54, 1.807) is 7.11 Å². The molecule has 0 aliphatic carbocycles. The SMILES string of the molecule is COc1ccc2c(ccn2CC(N)C(=O)O)c1. The summed E-state index contributed by atoms with van der Waals surface area (Å²) >= 11 is 0. The van der Waals surface area contributed by atoms with Crippen molar-refractivity contribution in [1.82, 2.24) is 4.57 Å². The molecule has 2 aromatic rings. The number of carboxylic acids is 1. The second-order valence-electron chi connectivity index (χ2n) is 3.84. The Hall–Kier alpha value is -2.01. The van der Waals surface area contributed by atoms with Crippen LogP contribution in [0.3, 0.4) is 0 Å². The summed E-state index contributed by atoms with van der Waals surface area (Å²) in [5, 5.41) is 9.78. The molecule has 1 aromatic heterocycles. The highest BCUT2D eigenvalue weighted by atomic mass is 16.5. The van der Waals surface area contributed by atoms with Crippen molar-refractivity contribution in [2.75, 3.05) is 7.11 Å². The van der Waals surface area contributed by atoms with Gasteiger partial charge < -0.3 is 20.1 Å². The zero-order chi connectivity index (χ0) is 12.4. The average Bonchev–Trinajstić information content (AvgIpc) is 2.71. The first-order valence-electron chi connectivity index (χ1n) is 5.23. The summed E-state index contributed by atoms with van der Waals surface area (Å²) < 4.78 is 6.95. The molecule has 0 bridgehead atoms. The van der Waals surface area contributed by atoms with Gasteiger partial charge in [-0.3, -0.25) is 4.79 Å². The standard InChI is InChI=1S/C12H14N2O3/c1-17-9-2-3-11-8(6-9)4-5-14(11)7-10(13)12(15)16/h2-6,10H,7,13H2,1H3,(H,15,16). The van der Waals surface area contributed by atoms with Gasteiger partial charge in [0, 0.05) is 23.6 Å². The first-order chi connectivity index (χ1) is 8.11. The zero-order valence-corrected chi connectivity index (χ0v) is 9.46. The van der Waals surface area contributed by atoms with E-state index in [2.05, 4.69) is 0 Å². The molecule has 0 saturated carbocycles. The van der Waals surface area contributed by atoms with Gasteiger partial charge in [-0.05, 0) is 24.3 Å². The lowest BCUT2D eigenvalue weighted by molar-refractivity contribution is -0.138. The van der Waals surface area contributed by atoms with E-state index in [1.807, 2.05) is 35.0 Å². The van der Waals surface area contributed by atoms with Gasteiger partial charge in [0.1, 0.15) is 11.8 Å². The Kier molecular flexibility index (Phi) is 3.01. The highest BCUT2D eigenvalue weighted by Gasteiger charge is 2.13. The molecule has 0 amide bonds. The summed E-state index contributed by atoms with van der Waals surface area (Å²) in [6.07, 6.45) is 1.83. The molecule has 0 aliphatic rings. The Morgan fingerprint density at radius 3 is 2.94 bits per heavy atom. The third-order valence-corrected chi connectivity index (χ3v) is 2.69. The fourth-order valence-corrected chi connectivity index (χ4v) is 1.75. The van der Waals surface area contributed by atoms with Crippen LogP contribution < -0.4 is 10.5 Å². The van der Waals surface area contributed by atoms with Crippen molar-refractivity contribution < 1.29 is 14.6 Å². The first kappa shape index (κ1) is 11.5. The van der Waals surface area contributed by atoms with Crippen LogP contribution in [0.4, 0.5) is 0 Å². The predicted molar refractivity (Wildman–Crippen MR) is 64.1 cm³/mol. The number of aromatic nitrogens is 1. The van der Waals surface area contributed by atoms with Gasteiger partial charge in [0.05, 0.1) is 7.11 Å². The summed E-state index contributed by atoms with van der Waals surface area (Å²) in [5.41, 5.74) is 6.46. The number of hydrogen-bond acceptors (Lipinski definition) is 3. The zero-order valence-electron chi connectivity index (χ0n) is 9.46. The lowest BCUT2D eigenvalue weighted by Gasteiger charge is -2.09. The van der Waals surface area contributed by atoms with Gasteiger partial charge in [0.25, 0.3) is 0 Å². The maximum Gasteiger partial charge on any atom is 0.322 e. The normalized spacial score (nSPS) is 12.6. The summed E-state index contributed by atoms with van der Waals surface area (Å²) in [5.74, 6) is -0.224. The first-order valence-corrected chi connectivity index (χ1v) is 5.23. The predicted octanol–water partition coefficient (Wildman–Crippen LogP) is 1.06. The number of nitrogens with two attached hydrogens (primary N) is 1. The van der Waals surface area contributed by atoms with Crippen LogP contribution in [-0.4, -0.2) is 28.8 Å². The van der Waals surface area contributed by atoms with Crippen molar-refractivity contribution in [2.24, 2.45) is 5.73 Å². The van der Waals surface area contributed by atoms with Crippen molar-refractivity contribution in [2.45, 2.75) is 12.6 Å². The number of methoxy groups -OCH3 is 1. The minimum absolute atomic E-state index is 0.255. The monoisotopic (exact) mass is 234 g/mol. The number of carboxylic acid groups (broad SMARTS) is 1. The maximum absolute atomic E-state index is 10.7. The van der Waals surface area contributed by atoms with Crippen molar-refractivity contribution in [3.8, 4) is 5.75 Å². The van der Waals surface area contributed by atoms with E-state index in [0.29, 0.717) is 0 Å². The van der Waals surface area contributed by atoms with E-state index in [0.717, 1.165) is 16.7 Å². The Morgan fingerprint density at radius 1 is 1.53 bits per heavy atom. The Balaban J connectivity index is 2.33. The molecule has 0 saturated heterocycles. The summed E-state index contributed by atoms with van der Waals surface area (Å²) in [7, 11) is 1.61. The van der Waals surface area contributed by atoms with E-state index in [9.17, 15) is 4.79 Å². The van der Waals surface area contributed by atoms with Crippen molar-refractivity contribution in [3.05, 3.63) is 30.5 Å². The molecular weight excluding hydrogens is 220 g/mol. The fraction of sp³-hybridized carbons (Fsp3) is 0.250. The Bertz CT molecular complexity index is 548. The van der Waals surface area contributed by atoms with Crippen molar-refractivity contribution >= 4 is 16.9 Å². The van der Waals surface area contributed by atoms with E-state index < -0.39 is 12.0 Å². The molecule has 5 heteroatoms. The lowest BCUT2D eigenvalue weighted by Crippen LogP contribution is -2.34. The number of nitrogens with zero attached hydrogens (tertiary/aromatic N) is 1. The van der Waals surface area contributed by atoms with E-state index >= 15 is 0 Å². The average molecular weight is 234 g/mol. The van der Waals surface area contributed by atoms with Crippen LogP contribution in [-0.2, 0) is 11.3 Å². The van der Waals surface area contributed by atoms with Crippen LogP contribution >= 0.6 is 0 Å². The molecule has 1 unspecified atom stereocenters. The lowest BCUT2D eigenvalue weighted by atomic mass is 10.2. The fourth-order valence-electron chi connectivity index (χ4n) is 1.75. The van der Waals surface area contributed by atoms with Gasteiger partial charge in [-0.25, -0.2) is 0 Å². The number of benzene rings is 1. The largest absolute Gasteiger partial charge is 0.497 e. The smallest absolute Gasteiger partial charge is 0.322 e. The van der Waals surface area contributed by atoms with Crippen LogP contribution in [0.5, 0.6) is 5.75 Å². The van der Waals surface area contributed by atoms with Gasteiger partial charge in [-0.1, -0.05) is 0 Å². The third-order valence-electron chi connectivity index (χ3n) is 2.69. The second kappa shape index (κ2) is 4.47. The highest BCUT2D eigenvalue weighted by Crippen LogP contribution is 2.21. The summed E-state index contributed by atoms with van der Waals surface area (Å²) in [4.78, 5) is 10.7. The number of ether oxygens (including phenoxy) is 1. The summed E-state index contributed by atoms with van der Waals surface area (Å²) in [6, 6.07) is 6.64. The molecule has 1 heterocycles. The molecule has 1 aromatic carbocycles. The number of aliphatic carboxylic acids is 1. The minimum atomic E-state index is -1.000. The quantitative estimate of drug-likeness (QED) is 0.829. The number of carbonyl (C=O) groups is 1. The second-order valence-corrected chi connectivity index (χ2v) is 3.84. The van der Waals surface area contributed by atoms with Gasteiger partial charge in [0.2, 0.25) is 0 Å². The van der Waals surface area contributed by atoms with Gasteiger partial charge in [0.15, 0.2) is 0 Å². The third kappa shape index (κ3) is 2.24. The molecule has 5 nitrogen and oxygen atoms in total. The molecule has 3 N–H and O–H groups in total. The van der Waals surface area contributed by atoms with Gasteiger partial charge >= 0.3 is 5.97 Å². The Labute approximate surface area is 98.4 Å². The maximum atomic E-state index is 10.7. The van der Waals surface area contributed by atoms with Crippen molar-refractivity contribution in [3.63, 3.8) is 0 Å². The number of fused-ring (bicyclic) bond motifs is 1. The van der Waals surface area contributed by atoms with Crippen molar-refractivity contribution in [1.29, 1.82) is 0 Å². The van der Waals surface area contributed by atoms with Crippen LogP contribution in [0.2, 0.25) is 0 Å². The molecule has 2 rings (SSSR count). The van der Waals surface area contributed by atoms with Gasteiger partial charge in [-0.2, -0.15) is 0 Å².